The molecule has 0 aliphatic carbocycles. The molecule has 2 heterocycles. The number of carbonyl (C=O) groups excluding carboxylic acids is 2. The van der Waals surface area contributed by atoms with Crippen molar-refractivity contribution in [2.75, 3.05) is 12.0 Å². The average molecular weight is 475 g/mol. The van der Waals surface area contributed by atoms with E-state index < -0.39 is 41.2 Å². The van der Waals surface area contributed by atoms with Crippen LogP contribution in [0, 0.1) is 11.8 Å². The Morgan fingerprint density at radius 2 is 1.83 bits per heavy atom. The zero-order valence-corrected chi connectivity index (χ0v) is 19.4. The normalized spacial score (nSPS) is 25.8. The van der Waals surface area contributed by atoms with Crippen molar-refractivity contribution in [2.45, 2.75) is 31.3 Å². The molecule has 0 aromatic heterocycles. The third-order valence-corrected chi connectivity index (χ3v) is 7.26. The van der Waals surface area contributed by atoms with E-state index in [-0.39, 0.29) is 12.2 Å². The number of anilines is 1. The highest BCUT2D eigenvalue weighted by Crippen LogP contribution is 2.53. The molecule has 8 heteroatoms. The first-order valence-electron chi connectivity index (χ1n) is 11.6. The maximum absolute atomic E-state index is 13.9. The van der Waals surface area contributed by atoms with E-state index >= 15 is 0 Å². The Bertz CT molecular complexity index is 1350. The predicted octanol–water partition coefficient (Wildman–Crippen LogP) is 3.63. The highest BCUT2D eigenvalue weighted by Gasteiger charge is 2.68. The number of phenolic OH excluding ortho intramolecular Hbond substituents is 1. The summed E-state index contributed by atoms with van der Waals surface area (Å²) < 4.78 is 5.17. The minimum Gasteiger partial charge on any atom is -0.507 e. The van der Waals surface area contributed by atoms with Crippen molar-refractivity contribution in [1.82, 2.24) is 5.32 Å². The lowest BCUT2D eigenvalue weighted by Crippen LogP contribution is -2.55. The second-order valence-corrected chi connectivity index (χ2v) is 9.09. The lowest BCUT2D eigenvalue weighted by Gasteiger charge is -2.31. The number of phenols is 1. The topological polar surface area (TPSA) is 116 Å². The number of imide groups is 1. The Labute approximate surface area is 202 Å². The molecule has 2 amide bonds. The van der Waals surface area contributed by atoms with Crippen molar-refractivity contribution in [3.8, 4) is 11.5 Å². The third-order valence-electron chi connectivity index (χ3n) is 7.26. The quantitative estimate of drug-likeness (QED) is 0.467. The predicted molar refractivity (Wildman–Crippen MR) is 129 cm³/mol. The number of fused-ring (bicyclic) bond motifs is 2. The summed E-state index contributed by atoms with van der Waals surface area (Å²) in [6.45, 7) is 1.84. The van der Waals surface area contributed by atoms with Crippen molar-refractivity contribution in [3.63, 3.8) is 0 Å². The summed E-state index contributed by atoms with van der Waals surface area (Å²) in [6, 6.07) is 16.6. The van der Waals surface area contributed by atoms with Crippen LogP contribution in [0.25, 0.3) is 10.8 Å². The monoisotopic (exact) mass is 474 g/mol. The lowest BCUT2D eigenvalue weighted by molar-refractivity contribution is -0.149. The standard InChI is InChI=1S/C27H26N2O6/c1-3-13-27(26(33)34)22-21(23(28-27)18-12-11-16(35-2)14-20(18)30)24(31)29(25(22)32)19-10-6-8-15-7-4-5-9-17(15)19/h4-12,14,21-23,28,30H,3,13H2,1-2H3,(H,33,34)/t21-,22+,23-,27+/m0/s1. The van der Waals surface area contributed by atoms with Gasteiger partial charge in [0, 0.05) is 23.1 Å². The SMILES string of the molecule is CCC[C@@]1(C(=O)O)N[C@@H](c2ccc(OC)cc2O)[C@H]2C(=O)N(c3cccc4ccccc34)C(=O)[C@@H]21. The van der Waals surface area contributed by atoms with Gasteiger partial charge >= 0.3 is 5.97 Å². The maximum Gasteiger partial charge on any atom is 0.324 e. The summed E-state index contributed by atoms with van der Waals surface area (Å²) >= 11 is 0. The number of carboxylic acids is 1. The molecule has 0 bridgehead atoms. The van der Waals surface area contributed by atoms with Crippen LogP contribution < -0.4 is 15.0 Å². The van der Waals surface area contributed by atoms with E-state index in [9.17, 15) is 24.6 Å². The molecule has 3 N–H and O–H groups in total. The number of methoxy groups -OCH3 is 1. The molecule has 0 radical (unpaired) electrons. The van der Waals surface area contributed by atoms with Crippen molar-refractivity contribution < 1.29 is 29.3 Å². The number of nitrogens with one attached hydrogen (secondary N) is 1. The molecule has 0 spiro atoms. The molecule has 5 rings (SSSR count). The maximum atomic E-state index is 13.9. The molecule has 2 fully saturated rings. The fourth-order valence-corrected chi connectivity index (χ4v) is 5.75. The smallest absolute Gasteiger partial charge is 0.324 e. The fraction of sp³-hybridized carbons (Fsp3) is 0.296. The van der Waals surface area contributed by atoms with Gasteiger partial charge in [0.1, 0.15) is 17.0 Å². The Morgan fingerprint density at radius 3 is 2.51 bits per heavy atom. The fourth-order valence-electron chi connectivity index (χ4n) is 5.75. The van der Waals surface area contributed by atoms with E-state index in [2.05, 4.69) is 5.32 Å². The molecular formula is C27H26N2O6. The van der Waals surface area contributed by atoms with E-state index in [0.717, 1.165) is 15.7 Å². The van der Waals surface area contributed by atoms with Crippen LogP contribution in [-0.2, 0) is 14.4 Å². The number of benzene rings is 3. The highest BCUT2D eigenvalue weighted by atomic mass is 16.5. The number of nitrogens with zero attached hydrogens (tertiary/aromatic N) is 1. The number of carboxylic acid groups (broad SMARTS) is 1. The molecule has 3 aromatic rings. The average Bonchev–Trinajstić information content (AvgIpc) is 3.33. The summed E-state index contributed by atoms with van der Waals surface area (Å²) in [5.41, 5.74) is -0.871. The molecule has 35 heavy (non-hydrogen) atoms. The van der Waals surface area contributed by atoms with Gasteiger partial charge in [0.25, 0.3) is 0 Å². The van der Waals surface area contributed by atoms with Crippen molar-refractivity contribution in [3.05, 3.63) is 66.2 Å². The molecule has 0 unspecified atom stereocenters. The van der Waals surface area contributed by atoms with Gasteiger partial charge in [-0.1, -0.05) is 55.8 Å². The summed E-state index contributed by atoms with van der Waals surface area (Å²) in [5, 5.41) is 25.8. The van der Waals surface area contributed by atoms with Gasteiger partial charge in [-0.3, -0.25) is 19.7 Å². The first kappa shape index (κ1) is 22.9. The third kappa shape index (κ3) is 3.28. The van der Waals surface area contributed by atoms with Gasteiger partial charge in [0.15, 0.2) is 0 Å². The minimum atomic E-state index is -1.65. The largest absolute Gasteiger partial charge is 0.507 e. The van der Waals surface area contributed by atoms with Crippen molar-refractivity contribution in [1.29, 1.82) is 0 Å². The molecular weight excluding hydrogens is 448 g/mol. The highest BCUT2D eigenvalue weighted by molar-refractivity contribution is 6.26. The number of aliphatic carboxylic acids is 1. The van der Waals surface area contributed by atoms with Crippen LogP contribution in [0.4, 0.5) is 5.69 Å². The number of aromatic hydroxyl groups is 1. The van der Waals surface area contributed by atoms with Gasteiger partial charge in [0.05, 0.1) is 24.6 Å². The minimum absolute atomic E-state index is 0.137. The number of amides is 2. The Balaban J connectivity index is 1.69. The summed E-state index contributed by atoms with van der Waals surface area (Å²) in [4.78, 5) is 41.7. The van der Waals surface area contributed by atoms with Crippen LogP contribution in [0.2, 0.25) is 0 Å². The molecule has 180 valence electrons. The van der Waals surface area contributed by atoms with Crippen LogP contribution in [-0.4, -0.2) is 40.6 Å². The van der Waals surface area contributed by atoms with Gasteiger partial charge in [-0.15, -0.1) is 0 Å². The second kappa shape index (κ2) is 8.39. The van der Waals surface area contributed by atoms with E-state index in [1.807, 2.05) is 37.3 Å². The van der Waals surface area contributed by atoms with E-state index in [0.29, 0.717) is 23.4 Å². The number of ether oxygens (including phenoxy) is 1. The van der Waals surface area contributed by atoms with Crippen LogP contribution >= 0.6 is 0 Å². The van der Waals surface area contributed by atoms with E-state index in [1.54, 1.807) is 24.3 Å². The van der Waals surface area contributed by atoms with Crippen molar-refractivity contribution >= 4 is 34.2 Å². The molecule has 2 aliphatic rings. The van der Waals surface area contributed by atoms with Crippen LogP contribution in [0.15, 0.2) is 60.7 Å². The molecule has 2 aliphatic heterocycles. The Morgan fingerprint density at radius 1 is 1.09 bits per heavy atom. The number of hydrogen-bond donors (Lipinski definition) is 3. The Hall–Kier alpha value is -3.91. The zero-order valence-electron chi connectivity index (χ0n) is 19.4. The summed E-state index contributed by atoms with van der Waals surface area (Å²) in [7, 11) is 1.47. The number of rotatable bonds is 6. The van der Waals surface area contributed by atoms with Gasteiger partial charge < -0.3 is 14.9 Å². The Kier molecular flexibility index (Phi) is 5.48. The molecule has 0 saturated carbocycles. The van der Waals surface area contributed by atoms with Gasteiger partial charge in [-0.05, 0) is 23.9 Å². The molecule has 8 nitrogen and oxygen atoms in total. The van der Waals surface area contributed by atoms with Gasteiger partial charge in [0.2, 0.25) is 11.8 Å². The number of hydrogen-bond acceptors (Lipinski definition) is 6. The van der Waals surface area contributed by atoms with E-state index in [4.69, 9.17) is 4.74 Å². The molecule has 3 aromatic carbocycles. The van der Waals surface area contributed by atoms with Gasteiger partial charge in [-0.25, -0.2) is 4.90 Å². The van der Waals surface area contributed by atoms with E-state index in [1.165, 1.54) is 13.2 Å². The van der Waals surface area contributed by atoms with Crippen molar-refractivity contribution in [2.24, 2.45) is 11.8 Å². The van der Waals surface area contributed by atoms with Crippen LogP contribution in [0.3, 0.4) is 0 Å². The summed E-state index contributed by atoms with van der Waals surface area (Å²) in [6.07, 6.45) is 0.638. The van der Waals surface area contributed by atoms with Crippen LogP contribution in [0.1, 0.15) is 31.4 Å². The first-order chi connectivity index (χ1) is 16.8. The molecule has 4 atom stereocenters. The lowest BCUT2D eigenvalue weighted by atomic mass is 9.77. The second-order valence-electron chi connectivity index (χ2n) is 9.09. The van der Waals surface area contributed by atoms with Gasteiger partial charge in [-0.2, -0.15) is 0 Å². The molecule has 2 saturated heterocycles. The number of carbonyl (C=O) groups is 3. The first-order valence-corrected chi connectivity index (χ1v) is 11.6. The summed E-state index contributed by atoms with van der Waals surface area (Å²) in [5.74, 6) is -4.06. The van der Waals surface area contributed by atoms with Crippen LogP contribution in [0.5, 0.6) is 11.5 Å². The zero-order chi connectivity index (χ0) is 24.9.